The fraction of sp³-hybridized carbons (Fsp3) is 0.211. The average Bonchev–Trinajstić information content (AvgIpc) is 3.17. The number of hydrogen-bond acceptors (Lipinski definition) is 7. The Kier molecular flexibility index (Phi) is 5.93. The number of ether oxygens (including phenoxy) is 3. The van der Waals surface area contributed by atoms with Crippen LogP contribution in [0.1, 0.15) is 23.2 Å². The van der Waals surface area contributed by atoms with E-state index < -0.39 is 5.97 Å². The Hall–Kier alpha value is -3.06. The second-order valence-electron chi connectivity index (χ2n) is 5.38. The van der Waals surface area contributed by atoms with E-state index in [0.29, 0.717) is 23.9 Å². The number of hydrogen-bond donors (Lipinski definition) is 0. The predicted molar refractivity (Wildman–Crippen MR) is 98.0 cm³/mol. The van der Waals surface area contributed by atoms with Crippen molar-refractivity contribution in [2.24, 2.45) is 0 Å². The minimum atomic E-state index is -0.599. The number of carbonyl (C=O) groups excluding carboxylic acids is 1. The third-order valence-corrected chi connectivity index (χ3v) is 3.86. The molecule has 8 heteroatoms. The Morgan fingerprint density at radius 2 is 2.00 bits per heavy atom. The first-order valence-electron chi connectivity index (χ1n) is 8.17. The molecule has 27 heavy (non-hydrogen) atoms. The molecule has 0 unspecified atom stereocenters. The molecule has 0 atom stereocenters. The number of benzene rings is 2. The van der Waals surface area contributed by atoms with E-state index in [-0.39, 0.29) is 23.1 Å². The van der Waals surface area contributed by atoms with Crippen LogP contribution in [-0.2, 0) is 11.3 Å². The molecule has 2 aromatic carbocycles. The molecule has 140 valence electrons. The topological polar surface area (TPSA) is 83.7 Å². The van der Waals surface area contributed by atoms with Gasteiger partial charge in [0.2, 0.25) is 5.82 Å². The standard InChI is InChI=1S/C19H17ClN2O5/c1-3-25-17-14(20)9-13(10-15(17)24-2)19(23)26-11-16-21-18(22-27-16)12-7-5-4-6-8-12/h4-10H,3,11H2,1-2H3. The number of rotatable bonds is 7. The first-order valence-corrected chi connectivity index (χ1v) is 8.55. The molecule has 0 aliphatic rings. The maximum atomic E-state index is 12.3. The van der Waals surface area contributed by atoms with Gasteiger partial charge < -0.3 is 18.7 Å². The van der Waals surface area contributed by atoms with Crippen molar-refractivity contribution in [1.82, 2.24) is 10.1 Å². The molecule has 3 rings (SSSR count). The summed E-state index contributed by atoms with van der Waals surface area (Å²) >= 11 is 6.17. The largest absolute Gasteiger partial charge is 0.493 e. The van der Waals surface area contributed by atoms with Gasteiger partial charge in [-0.15, -0.1) is 0 Å². The zero-order valence-electron chi connectivity index (χ0n) is 14.8. The normalized spacial score (nSPS) is 10.5. The Bertz CT molecular complexity index is 927. The molecule has 0 aliphatic heterocycles. The van der Waals surface area contributed by atoms with Crippen molar-refractivity contribution < 1.29 is 23.5 Å². The first kappa shape index (κ1) is 18.7. The molecule has 0 amide bonds. The number of nitrogens with zero attached hydrogens (tertiary/aromatic N) is 2. The highest BCUT2D eigenvalue weighted by molar-refractivity contribution is 6.32. The lowest BCUT2D eigenvalue weighted by atomic mass is 10.2. The minimum absolute atomic E-state index is 0.161. The van der Waals surface area contributed by atoms with E-state index in [9.17, 15) is 4.79 Å². The SMILES string of the molecule is CCOc1c(Cl)cc(C(=O)OCc2nc(-c3ccccc3)no2)cc1OC. The van der Waals surface area contributed by atoms with Crippen molar-refractivity contribution in [1.29, 1.82) is 0 Å². The van der Waals surface area contributed by atoms with Gasteiger partial charge in [0.05, 0.1) is 24.3 Å². The zero-order valence-corrected chi connectivity index (χ0v) is 15.5. The number of esters is 1. The van der Waals surface area contributed by atoms with Crippen LogP contribution in [0.5, 0.6) is 11.5 Å². The van der Waals surface area contributed by atoms with Crippen LogP contribution in [0.3, 0.4) is 0 Å². The maximum absolute atomic E-state index is 12.3. The van der Waals surface area contributed by atoms with Crippen LogP contribution in [0.25, 0.3) is 11.4 Å². The van der Waals surface area contributed by atoms with E-state index in [2.05, 4.69) is 10.1 Å². The van der Waals surface area contributed by atoms with Crippen LogP contribution >= 0.6 is 11.6 Å². The van der Waals surface area contributed by atoms with E-state index in [1.807, 2.05) is 37.3 Å². The van der Waals surface area contributed by atoms with E-state index >= 15 is 0 Å². The van der Waals surface area contributed by atoms with Gasteiger partial charge in [-0.1, -0.05) is 47.1 Å². The lowest BCUT2D eigenvalue weighted by molar-refractivity contribution is 0.0429. The monoisotopic (exact) mass is 388 g/mol. The second-order valence-corrected chi connectivity index (χ2v) is 5.78. The van der Waals surface area contributed by atoms with Crippen LogP contribution in [0.4, 0.5) is 0 Å². The van der Waals surface area contributed by atoms with E-state index in [4.69, 9.17) is 30.3 Å². The summed E-state index contributed by atoms with van der Waals surface area (Å²) in [6.07, 6.45) is 0. The highest BCUT2D eigenvalue weighted by Crippen LogP contribution is 2.36. The number of carbonyl (C=O) groups is 1. The lowest BCUT2D eigenvalue weighted by Crippen LogP contribution is -2.07. The number of methoxy groups -OCH3 is 1. The molecule has 0 N–H and O–H groups in total. The Morgan fingerprint density at radius 1 is 1.22 bits per heavy atom. The predicted octanol–water partition coefficient (Wildman–Crippen LogP) is 4.15. The minimum Gasteiger partial charge on any atom is -0.493 e. The van der Waals surface area contributed by atoms with Crippen LogP contribution in [0, 0.1) is 0 Å². The molecular weight excluding hydrogens is 372 g/mol. The van der Waals surface area contributed by atoms with E-state index in [1.54, 1.807) is 0 Å². The molecule has 1 aromatic heterocycles. The van der Waals surface area contributed by atoms with Gasteiger partial charge in [0.1, 0.15) is 0 Å². The van der Waals surface area contributed by atoms with Crippen LogP contribution in [0.15, 0.2) is 47.0 Å². The molecule has 0 fully saturated rings. The third-order valence-electron chi connectivity index (χ3n) is 3.58. The van der Waals surface area contributed by atoms with Crippen molar-refractivity contribution in [3.05, 3.63) is 58.9 Å². The fourth-order valence-electron chi connectivity index (χ4n) is 2.35. The van der Waals surface area contributed by atoms with Gasteiger partial charge in [-0.2, -0.15) is 4.98 Å². The molecule has 0 radical (unpaired) electrons. The Labute approximate surface area is 160 Å². The molecule has 0 saturated carbocycles. The number of halogens is 1. The third kappa shape index (κ3) is 4.38. The van der Waals surface area contributed by atoms with Gasteiger partial charge in [0.15, 0.2) is 18.1 Å². The average molecular weight is 389 g/mol. The quantitative estimate of drug-likeness (QED) is 0.562. The molecule has 7 nitrogen and oxygen atoms in total. The summed E-state index contributed by atoms with van der Waals surface area (Å²) in [5.41, 5.74) is 1.03. The van der Waals surface area contributed by atoms with E-state index in [0.717, 1.165) is 5.56 Å². The second kappa shape index (κ2) is 8.55. The van der Waals surface area contributed by atoms with Gasteiger partial charge in [-0.3, -0.25) is 0 Å². The molecule has 0 saturated heterocycles. The van der Waals surface area contributed by atoms with Crippen molar-refractivity contribution in [2.45, 2.75) is 13.5 Å². The summed E-state index contributed by atoms with van der Waals surface area (Å²) in [6, 6.07) is 12.3. The summed E-state index contributed by atoms with van der Waals surface area (Å²) in [5, 5.41) is 4.13. The highest BCUT2D eigenvalue weighted by Gasteiger charge is 2.18. The smallest absolute Gasteiger partial charge is 0.338 e. The van der Waals surface area contributed by atoms with Gasteiger partial charge in [-0.25, -0.2) is 4.79 Å². The molecule has 1 heterocycles. The molecular formula is C19H17ClN2O5. The van der Waals surface area contributed by atoms with Crippen LogP contribution in [0.2, 0.25) is 5.02 Å². The number of aromatic nitrogens is 2. The summed E-state index contributed by atoms with van der Waals surface area (Å²) in [4.78, 5) is 16.5. The van der Waals surface area contributed by atoms with Crippen LogP contribution in [-0.4, -0.2) is 29.8 Å². The zero-order chi connectivity index (χ0) is 19.2. The molecule has 0 aliphatic carbocycles. The van der Waals surface area contributed by atoms with Crippen molar-refractivity contribution in [2.75, 3.05) is 13.7 Å². The summed E-state index contributed by atoms with van der Waals surface area (Å²) in [7, 11) is 1.47. The lowest BCUT2D eigenvalue weighted by Gasteiger charge is -2.12. The molecule has 3 aromatic rings. The summed E-state index contributed by atoms with van der Waals surface area (Å²) in [5.74, 6) is 0.736. The Balaban J connectivity index is 1.69. The molecule has 0 spiro atoms. The fourth-order valence-corrected chi connectivity index (χ4v) is 2.62. The first-order chi connectivity index (χ1) is 13.1. The maximum Gasteiger partial charge on any atom is 0.338 e. The van der Waals surface area contributed by atoms with Crippen molar-refractivity contribution in [3.63, 3.8) is 0 Å². The van der Waals surface area contributed by atoms with Crippen molar-refractivity contribution >= 4 is 17.6 Å². The van der Waals surface area contributed by atoms with Gasteiger partial charge in [-0.05, 0) is 19.1 Å². The summed E-state index contributed by atoms with van der Waals surface area (Å²) in [6.45, 7) is 2.08. The highest BCUT2D eigenvalue weighted by atomic mass is 35.5. The van der Waals surface area contributed by atoms with Gasteiger partial charge in [0, 0.05) is 5.56 Å². The van der Waals surface area contributed by atoms with Crippen molar-refractivity contribution in [3.8, 4) is 22.9 Å². The molecule has 0 bridgehead atoms. The van der Waals surface area contributed by atoms with Gasteiger partial charge in [0.25, 0.3) is 5.89 Å². The Morgan fingerprint density at radius 3 is 2.70 bits per heavy atom. The van der Waals surface area contributed by atoms with Gasteiger partial charge >= 0.3 is 5.97 Å². The van der Waals surface area contributed by atoms with E-state index in [1.165, 1.54) is 19.2 Å². The van der Waals surface area contributed by atoms with Crippen LogP contribution < -0.4 is 9.47 Å². The summed E-state index contributed by atoms with van der Waals surface area (Å²) < 4.78 is 21.0.